The van der Waals surface area contributed by atoms with Crippen LogP contribution in [0.4, 0.5) is 0 Å². The van der Waals surface area contributed by atoms with Gasteiger partial charge < -0.3 is 10.0 Å². The highest BCUT2D eigenvalue weighted by atomic mass is 16.4. The van der Waals surface area contributed by atoms with Crippen molar-refractivity contribution in [2.24, 2.45) is 0 Å². The molecule has 21 heavy (non-hydrogen) atoms. The number of pyridine rings is 1. The number of carbonyl (C=O) groups excluding carboxylic acids is 1. The third-order valence-electron chi connectivity index (χ3n) is 3.59. The minimum atomic E-state index is -1.04. The van der Waals surface area contributed by atoms with E-state index in [9.17, 15) is 9.59 Å². The first-order valence-electron chi connectivity index (χ1n) is 7.34. The Hall–Kier alpha value is -2.17. The molecule has 0 saturated carbocycles. The van der Waals surface area contributed by atoms with E-state index in [1.807, 2.05) is 4.90 Å². The fraction of sp³-hybridized carbons (Fsp3) is 0.438. The summed E-state index contributed by atoms with van der Waals surface area (Å²) in [4.78, 5) is 29.2. The Morgan fingerprint density at radius 1 is 1.14 bits per heavy atom. The molecule has 1 fully saturated rings. The molecule has 1 saturated heterocycles. The number of carbonyl (C=O) groups is 2. The van der Waals surface area contributed by atoms with Crippen LogP contribution < -0.4 is 0 Å². The van der Waals surface area contributed by atoms with Crippen LogP contribution in [0.1, 0.15) is 48.2 Å². The third kappa shape index (κ3) is 4.41. The summed E-state index contributed by atoms with van der Waals surface area (Å²) in [5, 5.41) is 8.72. The van der Waals surface area contributed by atoms with Crippen LogP contribution in [0.2, 0.25) is 0 Å². The van der Waals surface area contributed by atoms with Crippen molar-refractivity contribution in [1.29, 1.82) is 0 Å². The maximum Gasteiger partial charge on any atom is 0.328 e. The Morgan fingerprint density at radius 3 is 2.48 bits per heavy atom. The number of hydrogen-bond donors (Lipinski definition) is 1. The summed E-state index contributed by atoms with van der Waals surface area (Å²) in [6.07, 6.45) is 9.58. The monoisotopic (exact) mass is 288 g/mol. The third-order valence-corrected chi connectivity index (χ3v) is 3.59. The summed E-state index contributed by atoms with van der Waals surface area (Å²) in [6.45, 7) is 1.50. The zero-order valence-electron chi connectivity index (χ0n) is 12.0. The van der Waals surface area contributed by atoms with Crippen LogP contribution in [-0.4, -0.2) is 40.0 Å². The molecule has 2 rings (SSSR count). The van der Waals surface area contributed by atoms with E-state index in [0.717, 1.165) is 44.8 Å². The Kier molecular flexibility index (Phi) is 5.49. The predicted molar refractivity (Wildman–Crippen MR) is 79.9 cm³/mol. The molecular weight excluding hydrogens is 268 g/mol. The second kappa shape index (κ2) is 7.57. The first kappa shape index (κ1) is 15.2. The molecule has 0 atom stereocenters. The van der Waals surface area contributed by atoms with Crippen molar-refractivity contribution in [2.75, 3.05) is 13.1 Å². The number of carboxylic acids is 1. The fourth-order valence-electron chi connectivity index (χ4n) is 2.49. The van der Waals surface area contributed by atoms with Gasteiger partial charge in [0.2, 0.25) is 0 Å². The lowest BCUT2D eigenvalue weighted by Gasteiger charge is -2.24. The lowest BCUT2D eigenvalue weighted by atomic mass is 10.1. The molecule has 0 bridgehead atoms. The van der Waals surface area contributed by atoms with E-state index >= 15 is 0 Å². The van der Waals surface area contributed by atoms with Crippen molar-refractivity contribution in [3.05, 3.63) is 35.7 Å². The van der Waals surface area contributed by atoms with Gasteiger partial charge in [0, 0.05) is 30.9 Å². The first-order chi connectivity index (χ1) is 10.2. The van der Waals surface area contributed by atoms with E-state index in [4.69, 9.17) is 5.11 Å². The van der Waals surface area contributed by atoms with Gasteiger partial charge in [-0.2, -0.15) is 0 Å². The van der Waals surface area contributed by atoms with Gasteiger partial charge in [-0.05, 0) is 25.0 Å². The van der Waals surface area contributed by atoms with E-state index in [1.165, 1.54) is 12.5 Å². The van der Waals surface area contributed by atoms with Crippen molar-refractivity contribution in [2.45, 2.75) is 32.1 Å². The molecule has 0 radical (unpaired) electrons. The maximum atomic E-state index is 12.6. The normalized spacial score (nSPS) is 16.5. The van der Waals surface area contributed by atoms with Gasteiger partial charge in [-0.15, -0.1) is 0 Å². The summed E-state index contributed by atoms with van der Waals surface area (Å²) in [7, 11) is 0. The van der Waals surface area contributed by atoms with Gasteiger partial charge in [0.15, 0.2) is 0 Å². The summed E-state index contributed by atoms with van der Waals surface area (Å²) in [6, 6.07) is 3.41. The molecule has 5 nitrogen and oxygen atoms in total. The first-order valence-corrected chi connectivity index (χ1v) is 7.34. The SMILES string of the molecule is O=C(O)/C=C/c1cccnc1C(=O)N1CCCCCCC1. The molecule has 1 aromatic rings. The molecule has 1 aliphatic heterocycles. The second-order valence-corrected chi connectivity index (χ2v) is 5.17. The highest BCUT2D eigenvalue weighted by Crippen LogP contribution is 2.15. The average molecular weight is 288 g/mol. The number of carboxylic acid groups (broad SMARTS) is 1. The van der Waals surface area contributed by atoms with Gasteiger partial charge in [-0.25, -0.2) is 4.79 Å². The number of hydrogen-bond acceptors (Lipinski definition) is 3. The summed E-state index contributed by atoms with van der Waals surface area (Å²) in [5.74, 6) is -1.15. The zero-order valence-corrected chi connectivity index (χ0v) is 12.0. The quantitative estimate of drug-likeness (QED) is 0.868. The van der Waals surface area contributed by atoms with Crippen molar-refractivity contribution in [3.8, 4) is 0 Å². The van der Waals surface area contributed by atoms with Crippen LogP contribution in [-0.2, 0) is 4.79 Å². The smallest absolute Gasteiger partial charge is 0.328 e. The number of aromatic nitrogens is 1. The lowest BCUT2D eigenvalue weighted by Crippen LogP contribution is -2.34. The summed E-state index contributed by atoms with van der Waals surface area (Å²) < 4.78 is 0. The molecule has 1 N–H and O–H groups in total. The largest absolute Gasteiger partial charge is 0.478 e. The van der Waals surface area contributed by atoms with E-state index < -0.39 is 5.97 Å². The van der Waals surface area contributed by atoms with Gasteiger partial charge in [-0.3, -0.25) is 9.78 Å². The Morgan fingerprint density at radius 2 is 1.81 bits per heavy atom. The van der Waals surface area contributed by atoms with E-state index in [-0.39, 0.29) is 5.91 Å². The van der Waals surface area contributed by atoms with Crippen molar-refractivity contribution in [3.63, 3.8) is 0 Å². The molecule has 0 aliphatic carbocycles. The summed E-state index contributed by atoms with van der Waals surface area (Å²) >= 11 is 0. The van der Waals surface area contributed by atoms with E-state index in [2.05, 4.69) is 4.98 Å². The molecular formula is C16H20N2O3. The standard InChI is InChI=1S/C16H20N2O3/c19-14(20)9-8-13-7-6-10-17-15(13)16(21)18-11-4-2-1-3-5-12-18/h6-10H,1-5,11-12H2,(H,19,20)/b9-8+. The highest BCUT2D eigenvalue weighted by molar-refractivity contribution is 5.97. The van der Waals surface area contributed by atoms with Gasteiger partial charge in [0.05, 0.1) is 0 Å². The number of amides is 1. The zero-order chi connectivity index (χ0) is 15.1. The molecule has 0 spiro atoms. The Labute approximate surface area is 124 Å². The lowest BCUT2D eigenvalue weighted by molar-refractivity contribution is -0.131. The van der Waals surface area contributed by atoms with Crippen LogP contribution >= 0.6 is 0 Å². The topological polar surface area (TPSA) is 70.5 Å². The molecule has 5 heteroatoms. The van der Waals surface area contributed by atoms with Gasteiger partial charge in [0.1, 0.15) is 5.69 Å². The Balaban J connectivity index is 2.19. The predicted octanol–water partition coefficient (Wildman–Crippen LogP) is 2.59. The molecule has 1 amide bonds. The average Bonchev–Trinajstić information content (AvgIpc) is 2.44. The number of rotatable bonds is 3. The van der Waals surface area contributed by atoms with Crippen molar-refractivity contribution < 1.29 is 14.7 Å². The van der Waals surface area contributed by atoms with Crippen LogP contribution in [0.15, 0.2) is 24.4 Å². The van der Waals surface area contributed by atoms with Crippen LogP contribution in [0.25, 0.3) is 6.08 Å². The molecule has 1 aliphatic rings. The van der Waals surface area contributed by atoms with Crippen LogP contribution in [0.5, 0.6) is 0 Å². The van der Waals surface area contributed by atoms with Gasteiger partial charge in [0.25, 0.3) is 5.91 Å². The number of aliphatic carboxylic acids is 1. The summed E-state index contributed by atoms with van der Waals surface area (Å²) in [5.41, 5.74) is 0.877. The maximum absolute atomic E-state index is 12.6. The minimum Gasteiger partial charge on any atom is -0.478 e. The van der Waals surface area contributed by atoms with Gasteiger partial charge in [-0.1, -0.05) is 25.3 Å². The second-order valence-electron chi connectivity index (χ2n) is 5.17. The van der Waals surface area contributed by atoms with Crippen molar-refractivity contribution >= 4 is 18.0 Å². The minimum absolute atomic E-state index is 0.109. The molecule has 2 heterocycles. The molecule has 0 unspecified atom stereocenters. The Bertz CT molecular complexity index is 532. The number of likely N-dealkylation sites (tertiary alicyclic amines) is 1. The van der Waals surface area contributed by atoms with E-state index in [1.54, 1.807) is 18.3 Å². The number of nitrogens with zero attached hydrogens (tertiary/aromatic N) is 2. The van der Waals surface area contributed by atoms with E-state index in [0.29, 0.717) is 11.3 Å². The highest BCUT2D eigenvalue weighted by Gasteiger charge is 2.19. The van der Waals surface area contributed by atoms with Crippen molar-refractivity contribution in [1.82, 2.24) is 9.88 Å². The molecule has 0 aromatic carbocycles. The molecule has 112 valence electrons. The molecule has 1 aromatic heterocycles. The fourth-order valence-corrected chi connectivity index (χ4v) is 2.49. The van der Waals surface area contributed by atoms with Gasteiger partial charge >= 0.3 is 5.97 Å². The van der Waals surface area contributed by atoms with Crippen LogP contribution in [0.3, 0.4) is 0 Å². The van der Waals surface area contributed by atoms with Crippen LogP contribution in [0, 0.1) is 0 Å².